The first kappa shape index (κ1) is 18.3. The highest BCUT2D eigenvalue weighted by Crippen LogP contribution is 2.30. The van der Waals surface area contributed by atoms with E-state index in [1.54, 1.807) is 0 Å². The first-order valence-corrected chi connectivity index (χ1v) is 9.15. The second kappa shape index (κ2) is 7.40. The van der Waals surface area contributed by atoms with Crippen molar-refractivity contribution in [1.29, 1.82) is 0 Å². The number of nitrogens with one attached hydrogen (secondary N) is 1. The molecule has 26 heavy (non-hydrogen) atoms. The lowest BCUT2D eigenvalue weighted by Gasteiger charge is -2.30. The summed E-state index contributed by atoms with van der Waals surface area (Å²) < 4.78 is 10.3. The molecule has 0 aliphatic carbocycles. The van der Waals surface area contributed by atoms with Gasteiger partial charge in [-0.2, -0.15) is 0 Å². The normalized spacial score (nSPS) is 20.1. The van der Waals surface area contributed by atoms with Crippen molar-refractivity contribution in [3.05, 3.63) is 35.5 Å². The quantitative estimate of drug-likeness (QED) is 0.507. The van der Waals surface area contributed by atoms with Gasteiger partial charge in [0.1, 0.15) is 0 Å². The van der Waals surface area contributed by atoms with Crippen molar-refractivity contribution in [2.45, 2.75) is 52.2 Å². The van der Waals surface area contributed by atoms with E-state index in [4.69, 9.17) is 9.47 Å². The molecule has 0 bridgehead atoms. The molecule has 2 heterocycles. The lowest BCUT2D eigenvalue weighted by molar-refractivity contribution is -0.222. The topological polar surface area (TPSA) is 67.9 Å². The van der Waals surface area contributed by atoms with Crippen LogP contribution < -0.4 is 10.2 Å². The number of carbonyl (C=O) groups excluding carboxylic acids is 2. The van der Waals surface area contributed by atoms with Crippen molar-refractivity contribution < 1.29 is 19.1 Å². The number of ether oxygens (including phenoxy) is 2. The predicted octanol–water partition coefficient (Wildman–Crippen LogP) is 3.51. The zero-order valence-electron chi connectivity index (χ0n) is 15.6. The van der Waals surface area contributed by atoms with E-state index in [9.17, 15) is 9.59 Å². The zero-order chi connectivity index (χ0) is 18.7. The molecule has 3 rings (SSSR count). The molecule has 1 aromatic carbocycles. The van der Waals surface area contributed by atoms with E-state index in [1.165, 1.54) is 45.7 Å². The van der Waals surface area contributed by atoms with Crippen LogP contribution in [0.25, 0.3) is 0 Å². The fourth-order valence-electron chi connectivity index (χ4n) is 3.28. The Labute approximate surface area is 154 Å². The van der Waals surface area contributed by atoms with Crippen LogP contribution in [0.2, 0.25) is 0 Å². The molecule has 2 aliphatic rings. The minimum Gasteiger partial charge on any atom is -0.419 e. The molecular formula is C20H26N2O4. The number of benzene rings is 1. The molecule has 0 radical (unpaired) electrons. The summed E-state index contributed by atoms with van der Waals surface area (Å²) in [6.45, 7) is 7.09. The van der Waals surface area contributed by atoms with Crippen LogP contribution in [0.5, 0.6) is 0 Å². The van der Waals surface area contributed by atoms with Crippen LogP contribution in [-0.4, -0.2) is 30.8 Å². The van der Waals surface area contributed by atoms with E-state index in [0.717, 1.165) is 30.0 Å². The van der Waals surface area contributed by atoms with Gasteiger partial charge in [0.15, 0.2) is 5.57 Å². The number of hydrogen-bond donors (Lipinski definition) is 1. The van der Waals surface area contributed by atoms with Crippen LogP contribution in [0.15, 0.2) is 30.0 Å². The molecule has 2 saturated heterocycles. The SMILES string of the molecule is Cc1ccc(N2CCCCCC2)c(NC=C2C(=O)OC(C)(C)OC2=O)c1. The van der Waals surface area contributed by atoms with Gasteiger partial charge in [-0.15, -0.1) is 0 Å². The van der Waals surface area contributed by atoms with Gasteiger partial charge in [0.25, 0.3) is 5.79 Å². The van der Waals surface area contributed by atoms with Crippen molar-refractivity contribution >= 4 is 23.3 Å². The van der Waals surface area contributed by atoms with Crippen LogP contribution in [0.3, 0.4) is 0 Å². The monoisotopic (exact) mass is 358 g/mol. The van der Waals surface area contributed by atoms with E-state index < -0.39 is 17.7 Å². The molecule has 140 valence electrons. The van der Waals surface area contributed by atoms with E-state index in [-0.39, 0.29) is 5.57 Å². The maximum Gasteiger partial charge on any atom is 0.350 e. The summed E-state index contributed by atoms with van der Waals surface area (Å²) in [7, 11) is 0. The van der Waals surface area contributed by atoms with Gasteiger partial charge < -0.3 is 19.7 Å². The summed E-state index contributed by atoms with van der Waals surface area (Å²) >= 11 is 0. The molecule has 0 saturated carbocycles. The third kappa shape index (κ3) is 4.18. The molecule has 2 aliphatic heterocycles. The zero-order valence-corrected chi connectivity index (χ0v) is 15.6. The Morgan fingerprint density at radius 2 is 1.65 bits per heavy atom. The van der Waals surface area contributed by atoms with Gasteiger partial charge in [0, 0.05) is 33.1 Å². The number of carbonyl (C=O) groups is 2. The number of esters is 2. The standard InChI is InChI=1S/C20H26N2O4/c1-14-8-9-17(22-10-6-4-5-7-11-22)16(12-14)21-13-15-18(23)25-20(2,3)26-19(15)24/h8-9,12-13,21H,4-7,10-11H2,1-3H3. The second-order valence-electron chi connectivity index (χ2n) is 7.30. The second-order valence-corrected chi connectivity index (χ2v) is 7.30. The van der Waals surface area contributed by atoms with Crippen molar-refractivity contribution in [2.24, 2.45) is 0 Å². The molecule has 6 nitrogen and oxygen atoms in total. The van der Waals surface area contributed by atoms with E-state index >= 15 is 0 Å². The van der Waals surface area contributed by atoms with Gasteiger partial charge >= 0.3 is 11.9 Å². The van der Waals surface area contributed by atoms with Crippen molar-refractivity contribution in [3.8, 4) is 0 Å². The Morgan fingerprint density at radius 1 is 1.04 bits per heavy atom. The van der Waals surface area contributed by atoms with Crippen LogP contribution in [0, 0.1) is 6.92 Å². The van der Waals surface area contributed by atoms with Crippen LogP contribution in [0.1, 0.15) is 45.1 Å². The summed E-state index contributed by atoms with van der Waals surface area (Å²) in [4.78, 5) is 26.6. The van der Waals surface area contributed by atoms with Crippen molar-refractivity contribution in [1.82, 2.24) is 0 Å². The third-order valence-electron chi connectivity index (χ3n) is 4.59. The van der Waals surface area contributed by atoms with Gasteiger partial charge in [-0.25, -0.2) is 9.59 Å². The summed E-state index contributed by atoms with van der Waals surface area (Å²) in [5.74, 6) is -2.59. The molecule has 0 spiro atoms. The third-order valence-corrected chi connectivity index (χ3v) is 4.59. The Bertz CT molecular complexity index is 709. The minimum absolute atomic E-state index is 0.132. The maximum absolute atomic E-state index is 12.1. The van der Waals surface area contributed by atoms with Crippen LogP contribution in [-0.2, 0) is 19.1 Å². The number of hydrogen-bond acceptors (Lipinski definition) is 6. The average Bonchev–Trinajstić information content (AvgIpc) is 2.82. The summed E-state index contributed by atoms with van der Waals surface area (Å²) in [5, 5.41) is 3.12. The van der Waals surface area contributed by atoms with Gasteiger partial charge in [-0.1, -0.05) is 18.9 Å². The van der Waals surface area contributed by atoms with E-state index in [2.05, 4.69) is 22.3 Å². The average molecular weight is 358 g/mol. The lowest BCUT2D eigenvalue weighted by atomic mass is 10.1. The first-order valence-electron chi connectivity index (χ1n) is 9.15. The molecular weight excluding hydrogens is 332 g/mol. The molecule has 2 fully saturated rings. The minimum atomic E-state index is -1.23. The van der Waals surface area contributed by atoms with E-state index in [0.29, 0.717) is 0 Å². The Hall–Kier alpha value is -2.50. The van der Waals surface area contributed by atoms with Crippen molar-refractivity contribution in [2.75, 3.05) is 23.3 Å². The number of aryl methyl sites for hydroxylation is 1. The number of nitrogens with zero attached hydrogens (tertiary/aromatic N) is 1. The highest BCUT2D eigenvalue weighted by molar-refractivity contribution is 6.15. The fraction of sp³-hybridized carbons (Fsp3) is 0.500. The van der Waals surface area contributed by atoms with Gasteiger partial charge in [0.05, 0.1) is 11.4 Å². The summed E-state index contributed by atoms with van der Waals surface area (Å²) in [6.07, 6.45) is 6.23. The molecule has 6 heteroatoms. The number of cyclic esters (lactones) is 2. The summed E-state index contributed by atoms with van der Waals surface area (Å²) in [6, 6.07) is 6.17. The Morgan fingerprint density at radius 3 is 2.27 bits per heavy atom. The maximum atomic E-state index is 12.1. The number of rotatable bonds is 3. The summed E-state index contributed by atoms with van der Waals surface area (Å²) in [5.41, 5.74) is 2.91. The molecule has 0 atom stereocenters. The molecule has 0 unspecified atom stereocenters. The van der Waals surface area contributed by atoms with Gasteiger partial charge in [0.2, 0.25) is 0 Å². The van der Waals surface area contributed by atoms with Crippen molar-refractivity contribution in [3.63, 3.8) is 0 Å². The van der Waals surface area contributed by atoms with Crippen LogP contribution >= 0.6 is 0 Å². The molecule has 1 N–H and O–H groups in total. The Kier molecular flexibility index (Phi) is 5.20. The molecule has 0 amide bonds. The van der Waals surface area contributed by atoms with Crippen LogP contribution in [0.4, 0.5) is 11.4 Å². The smallest absolute Gasteiger partial charge is 0.350 e. The highest BCUT2D eigenvalue weighted by Gasteiger charge is 2.39. The number of anilines is 2. The highest BCUT2D eigenvalue weighted by atomic mass is 16.7. The van der Waals surface area contributed by atoms with Gasteiger partial charge in [-0.3, -0.25) is 0 Å². The van der Waals surface area contributed by atoms with Gasteiger partial charge in [-0.05, 0) is 37.5 Å². The van der Waals surface area contributed by atoms with E-state index in [1.807, 2.05) is 13.0 Å². The predicted molar refractivity (Wildman–Crippen MR) is 99.8 cm³/mol. The fourth-order valence-corrected chi connectivity index (χ4v) is 3.28. The lowest BCUT2D eigenvalue weighted by Crippen LogP contribution is -2.42. The molecule has 1 aromatic rings. The largest absolute Gasteiger partial charge is 0.419 e. The first-order chi connectivity index (χ1) is 12.4. The Balaban J connectivity index is 1.84. The molecule has 0 aromatic heterocycles.